The molecule has 0 spiro atoms. The lowest BCUT2D eigenvalue weighted by molar-refractivity contribution is -0.385. The number of nitro groups is 2. The van der Waals surface area contributed by atoms with Crippen LogP contribution in [0, 0.1) is 43.9 Å². The normalized spacial score (nSPS) is 21.2. The Morgan fingerprint density at radius 2 is 1.45 bits per heavy atom. The van der Waals surface area contributed by atoms with Crippen LogP contribution in [0.25, 0.3) is 0 Å². The van der Waals surface area contributed by atoms with Crippen molar-refractivity contribution < 1.29 is 48.1 Å². The number of hydrogen-bond donors (Lipinski definition) is 1. The van der Waals surface area contributed by atoms with Gasteiger partial charge in [-0.15, -0.1) is 0 Å². The average Bonchev–Trinajstić information content (AvgIpc) is 3.63. The van der Waals surface area contributed by atoms with Crippen molar-refractivity contribution in [1.82, 2.24) is 15.1 Å². The highest BCUT2D eigenvalue weighted by molar-refractivity contribution is 6.07. The smallest absolute Gasteiger partial charge is 0.385 e. The van der Waals surface area contributed by atoms with Crippen molar-refractivity contribution in [3.63, 3.8) is 0 Å². The van der Waals surface area contributed by atoms with Crippen molar-refractivity contribution in [3.8, 4) is 0 Å². The van der Waals surface area contributed by atoms with E-state index in [9.17, 15) is 49.0 Å². The lowest BCUT2D eigenvalue weighted by atomic mass is 9.74. The Morgan fingerprint density at radius 1 is 0.906 bits per heavy atom. The van der Waals surface area contributed by atoms with Crippen LogP contribution in [0.5, 0.6) is 0 Å². The molecule has 5 rings (SSSR count). The zero-order valence-electron chi connectivity index (χ0n) is 29.2. The monoisotopic (exact) mass is 732 g/mol. The van der Waals surface area contributed by atoms with E-state index in [2.05, 4.69) is 10.3 Å². The highest BCUT2D eigenvalue weighted by Crippen LogP contribution is 2.49. The molecule has 2 saturated heterocycles. The first-order chi connectivity index (χ1) is 25.0. The van der Waals surface area contributed by atoms with Gasteiger partial charge in [-0.05, 0) is 54.6 Å². The van der Waals surface area contributed by atoms with Crippen molar-refractivity contribution in [2.45, 2.75) is 46.6 Å². The van der Waals surface area contributed by atoms with Crippen LogP contribution < -0.4 is 5.32 Å². The summed E-state index contributed by atoms with van der Waals surface area (Å²) in [6, 6.07) is 8.68. The maximum absolute atomic E-state index is 13.6. The first kappa shape index (κ1) is 38.1. The lowest BCUT2D eigenvalue weighted by Crippen LogP contribution is -2.62. The number of benzene rings is 2. The summed E-state index contributed by atoms with van der Waals surface area (Å²) in [5.74, 6) is -4.68. The zero-order chi connectivity index (χ0) is 38.7. The van der Waals surface area contributed by atoms with Crippen LogP contribution in [-0.2, 0) is 23.9 Å². The number of non-ortho nitro benzene ring substituents is 2. The molecule has 1 N–H and O–H groups in total. The number of esters is 3. The lowest BCUT2D eigenvalue weighted by Gasteiger charge is -2.47. The molecule has 2 fully saturated rings. The molecule has 3 heterocycles. The SMILES string of the molecule is CC(=O)NC(C[C@H]1CCN(CC2=C(C(=O)OC(=O)c3ccc([N+](=O)[O-])cc3)N3C(=O)[C@H](C(C)C)[C@H]3[C@H]2C)C1)=NC(=O)OC(=O)c1ccc([N+](=O)[O-])cc1. The van der Waals surface area contributed by atoms with E-state index in [0.29, 0.717) is 25.1 Å². The molecule has 0 radical (unpaired) electrons. The largest absolute Gasteiger partial charge is 0.443 e. The Labute approximate surface area is 302 Å². The number of fused-ring (bicyclic) bond motifs is 1. The number of carbonyl (C=O) groups excluding carboxylic acids is 6. The van der Waals surface area contributed by atoms with Crippen LogP contribution in [0.1, 0.15) is 61.3 Å². The minimum absolute atomic E-state index is 0.0101. The molecule has 2 aromatic rings. The molecule has 0 saturated carbocycles. The Kier molecular flexibility index (Phi) is 11.2. The predicted molar refractivity (Wildman–Crippen MR) is 183 cm³/mol. The second-order valence-electron chi connectivity index (χ2n) is 13.4. The van der Waals surface area contributed by atoms with Crippen LogP contribution in [-0.4, -0.2) is 87.0 Å². The number of ether oxygens (including phenoxy) is 2. The van der Waals surface area contributed by atoms with Gasteiger partial charge in [0.15, 0.2) is 0 Å². The number of nitrogens with one attached hydrogen (secondary N) is 1. The fourth-order valence-corrected chi connectivity index (χ4v) is 7.00. The summed E-state index contributed by atoms with van der Waals surface area (Å²) in [5, 5.41) is 24.4. The molecular formula is C35H36N6O12. The maximum Gasteiger partial charge on any atom is 0.443 e. The summed E-state index contributed by atoms with van der Waals surface area (Å²) < 4.78 is 9.98. The van der Waals surface area contributed by atoms with Gasteiger partial charge in [0.1, 0.15) is 11.5 Å². The second kappa shape index (κ2) is 15.6. The van der Waals surface area contributed by atoms with Gasteiger partial charge in [-0.1, -0.05) is 20.8 Å². The third-order valence-electron chi connectivity index (χ3n) is 9.49. The summed E-state index contributed by atoms with van der Waals surface area (Å²) in [6.45, 7) is 8.18. The Hall–Kier alpha value is -6.17. The first-order valence-corrected chi connectivity index (χ1v) is 16.7. The molecule has 18 heteroatoms. The number of aliphatic imine (C=N–C) groups is 1. The standard InChI is InChI=1S/C35H36N6O12/c1-18(2)28-29-19(3)26(30(39(29)31(28)43)34(46)52-32(44)22-5-9-24(10-6-22)40(48)49)17-38-14-13-21(16-38)15-27(36-20(4)42)37-35(47)53-33(45)23-7-11-25(12-8-23)41(50)51/h5-12,18-19,21,28-29H,13-17H2,1-4H3,(H,36,37,42,47)/t19-,21+,28+,29+/m0/s1. The summed E-state index contributed by atoms with van der Waals surface area (Å²) in [5.41, 5.74) is -0.103. The molecule has 18 nitrogen and oxygen atoms in total. The van der Waals surface area contributed by atoms with E-state index in [1.165, 1.54) is 24.0 Å². The molecular weight excluding hydrogens is 696 g/mol. The number of rotatable bonds is 10. The van der Waals surface area contributed by atoms with Crippen molar-refractivity contribution in [1.29, 1.82) is 0 Å². The van der Waals surface area contributed by atoms with E-state index in [1.54, 1.807) is 0 Å². The fraction of sp³-hybridized carbons (Fsp3) is 0.400. The molecule has 3 aliphatic rings. The summed E-state index contributed by atoms with van der Waals surface area (Å²) in [4.78, 5) is 104. The molecule has 3 amide bonds. The van der Waals surface area contributed by atoms with E-state index < -0.39 is 39.8 Å². The molecule has 53 heavy (non-hydrogen) atoms. The van der Waals surface area contributed by atoms with Crippen molar-refractivity contribution in [2.24, 2.45) is 28.7 Å². The Morgan fingerprint density at radius 3 is 1.96 bits per heavy atom. The highest BCUT2D eigenvalue weighted by Gasteiger charge is 2.59. The van der Waals surface area contributed by atoms with Gasteiger partial charge in [0.25, 0.3) is 11.4 Å². The van der Waals surface area contributed by atoms with Gasteiger partial charge in [0, 0.05) is 56.6 Å². The van der Waals surface area contributed by atoms with Gasteiger partial charge >= 0.3 is 24.0 Å². The highest BCUT2D eigenvalue weighted by atomic mass is 16.6. The zero-order valence-corrected chi connectivity index (χ0v) is 29.2. The van der Waals surface area contributed by atoms with E-state index in [-0.39, 0.29) is 82.6 Å². The quantitative estimate of drug-likeness (QED) is 0.0697. The third kappa shape index (κ3) is 8.33. The van der Waals surface area contributed by atoms with Crippen LogP contribution in [0.4, 0.5) is 16.2 Å². The minimum atomic E-state index is -1.29. The topological polar surface area (TPSA) is 238 Å². The first-order valence-electron chi connectivity index (χ1n) is 16.7. The number of β-lactam (4-membered cyclic amide) rings is 1. The van der Waals surface area contributed by atoms with Crippen LogP contribution in [0.3, 0.4) is 0 Å². The van der Waals surface area contributed by atoms with Gasteiger partial charge in [-0.3, -0.25) is 34.7 Å². The molecule has 0 aliphatic carbocycles. The van der Waals surface area contributed by atoms with Crippen molar-refractivity contribution in [3.05, 3.63) is 91.2 Å². The molecule has 0 bridgehead atoms. The van der Waals surface area contributed by atoms with Crippen molar-refractivity contribution in [2.75, 3.05) is 19.6 Å². The number of likely N-dealkylation sites (tertiary alicyclic amines) is 1. The summed E-state index contributed by atoms with van der Waals surface area (Å²) in [7, 11) is 0. The summed E-state index contributed by atoms with van der Waals surface area (Å²) in [6.07, 6.45) is -0.583. The van der Waals surface area contributed by atoms with E-state index >= 15 is 0 Å². The summed E-state index contributed by atoms with van der Waals surface area (Å²) >= 11 is 0. The van der Waals surface area contributed by atoms with Crippen LogP contribution in [0.15, 0.2) is 64.8 Å². The number of nitro benzene ring substituents is 2. The Bertz CT molecular complexity index is 1940. The number of amides is 3. The molecule has 2 aromatic carbocycles. The third-order valence-corrected chi connectivity index (χ3v) is 9.49. The molecule has 0 aromatic heterocycles. The Balaban J connectivity index is 1.28. The molecule has 3 aliphatic heterocycles. The maximum atomic E-state index is 13.6. The minimum Gasteiger partial charge on any atom is -0.385 e. The number of nitrogens with zero attached hydrogens (tertiary/aromatic N) is 5. The second-order valence-corrected chi connectivity index (χ2v) is 13.4. The number of carbonyl (C=O) groups is 6. The molecule has 0 unspecified atom stereocenters. The number of amidine groups is 1. The van der Waals surface area contributed by atoms with E-state index in [4.69, 9.17) is 9.47 Å². The fourth-order valence-electron chi connectivity index (χ4n) is 7.00. The van der Waals surface area contributed by atoms with Gasteiger partial charge in [-0.2, -0.15) is 4.99 Å². The van der Waals surface area contributed by atoms with E-state index in [0.717, 1.165) is 36.4 Å². The van der Waals surface area contributed by atoms with Gasteiger partial charge in [-0.25, -0.2) is 19.2 Å². The van der Waals surface area contributed by atoms with Crippen LogP contribution in [0.2, 0.25) is 0 Å². The van der Waals surface area contributed by atoms with Crippen molar-refractivity contribution >= 4 is 53.0 Å². The van der Waals surface area contributed by atoms with Crippen LogP contribution >= 0.6 is 0 Å². The van der Waals surface area contributed by atoms with Gasteiger partial charge < -0.3 is 19.7 Å². The van der Waals surface area contributed by atoms with Gasteiger partial charge in [0.05, 0.1) is 32.9 Å². The molecule has 278 valence electrons. The number of hydrogen-bond acceptors (Lipinski definition) is 13. The predicted octanol–water partition coefficient (Wildman–Crippen LogP) is 3.80. The van der Waals surface area contributed by atoms with E-state index in [1.807, 2.05) is 25.7 Å². The van der Waals surface area contributed by atoms with Gasteiger partial charge in [0.2, 0.25) is 11.8 Å². The molecule has 4 atom stereocenters. The average molecular weight is 733 g/mol.